The number of fused-ring (bicyclic) bond motifs is 4. The number of amides is 2. The number of unbranched alkanes of at least 4 members (excludes halogenated alkanes) is 3. The summed E-state index contributed by atoms with van der Waals surface area (Å²) in [5.41, 5.74) is 5.37. The Hall–Kier alpha value is -1.72. The summed E-state index contributed by atoms with van der Waals surface area (Å²) < 4.78 is 0. The van der Waals surface area contributed by atoms with Gasteiger partial charge in [-0.2, -0.15) is 10.2 Å². The van der Waals surface area contributed by atoms with Gasteiger partial charge < -0.3 is 0 Å². The van der Waals surface area contributed by atoms with Crippen molar-refractivity contribution in [1.82, 2.24) is 10.9 Å². The van der Waals surface area contributed by atoms with Crippen molar-refractivity contribution in [3.63, 3.8) is 0 Å². The van der Waals surface area contributed by atoms with Crippen LogP contribution in [0.3, 0.4) is 0 Å². The van der Waals surface area contributed by atoms with Crippen LogP contribution in [0.4, 0.5) is 0 Å². The van der Waals surface area contributed by atoms with Crippen molar-refractivity contribution in [2.45, 2.75) is 89.9 Å². The van der Waals surface area contributed by atoms with Crippen molar-refractivity contribution >= 4 is 24.2 Å². The molecule has 0 aromatic carbocycles. The molecular formula is C24H38N4O2. The molecule has 166 valence electrons. The fourth-order valence-electron chi connectivity index (χ4n) is 6.40. The van der Waals surface area contributed by atoms with Crippen LogP contribution in [-0.2, 0) is 9.59 Å². The van der Waals surface area contributed by atoms with E-state index < -0.39 is 0 Å². The number of carbonyl (C=O) groups excluding carboxylic acids is 2. The monoisotopic (exact) mass is 414 g/mol. The quantitative estimate of drug-likeness (QED) is 0.298. The fourth-order valence-corrected chi connectivity index (χ4v) is 6.40. The second-order valence-electron chi connectivity index (χ2n) is 10.2. The van der Waals surface area contributed by atoms with Crippen molar-refractivity contribution in [2.24, 2.45) is 45.7 Å². The van der Waals surface area contributed by atoms with Crippen molar-refractivity contribution < 1.29 is 9.59 Å². The molecule has 4 fully saturated rings. The van der Waals surface area contributed by atoms with Gasteiger partial charge in [-0.1, -0.05) is 25.7 Å². The number of hydrazone groups is 2. The maximum Gasteiger partial charge on any atom is 0.240 e. The standard InChI is InChI=1S/C24H38N4O2/c29-23(27-25-15-21-13-17-7-9-19(21)11-17)5-3-1-2-4-6-24(30)28-26-16-22-14-18-8-10-20(22)12-18/h15-22H,1-14H2,(H,27,29)(H,28,30)/b25-15+,26-16+. The third-order valence-electron chi connectivity index (χ3n) is 8.05. The van der Waals surface area contributed by atoms with E-state index >= 15 is 0 Å². The summed E-state index contributed by atoms with van der Waals surface area (Å²) in [6.07, 6.45) is 19.2. The average Bonchev–Trinajstić information content (AvgIpc) is 3.52. The topological polar surface area (TPSA) is 82.9 Å². The molecule has 4 aliphatic carbocycles. The van der Waals surface area contributed by atoms with E-state index in [1.54, 1.807) is 0 Å². The van der Waals surface area contributed by atoms with Crippen LogP contribution in [0.15, 0.2) is 10.2 Å². The highest BCUT2D eigenvalue weighted by Gasteiger charge is 2.39. The number of hydrogen-bond donors (Lipinski definition) is 2. The first-order valence-electron chi connectivity index (χ1n) is 12.3. The van der Waals surface area contributed by atoms with Gasteiger partial charge in [0.1, 0.15) is 0 Å². The van der Waals surface area contributed by atoms with E-state index in [2.05, 4.69) is 21.1 Å². The van der Waals surface area contributed by atoms with Gasteiger partial charge in [-0.15, -0.1) is 0 Å². The average molecular weight is 415 g/mol. The van der Waals surface area contributed by atoms with Crippen molar-refractivity contribution in [3.8, 4) is 0 Å². The molecule has 30 heavy (non-hydrogen) atoms. The Balaban J connectivity index is 0.974. The highest BCUT2D eigenvalue weighted by molar-refractivity contribution is 5.77. The van der Waals surface area contributed by atoms with Crippen molar-refractivity contribution in [1.29, 1.82) is 0 Å². The summed E-state index contributed by atoms with van der Waals surface area (Å²) >= 11 is 0. The van der Waals surface area contributed by atoms with Crippen LogP contribution in [0.5, 0.6) is 0 Å². The minimum atomic E-state index is 0.00195. The van der Waals surface area contributed by atoms with Gasteiger partial charge in [0, 0.05) is 25.3 Å². The van der Waals surface area contributed by atoms with Crippen LogP contribution < -0.4 is 10.9 Å². The largest absolute Gasteiger partial charge is 0.273 e. The number of nitrogens with one attached hydrogen (secondary N) is 2. The molecule has 6 unspecified atom stereocenters. The molecule has 0 aromatic rings. The lowest BCUT2D eigenvalue weighted by Gasteiger charge is -2.16. The maximum absolute atomic E-state index is 11.9. The van der Waals surface area contributed by atoms with Crippen LogP contribution in [0, 0.1) is 35.5 Å². The zero-order valence-electron chi connectivity index (χ0n) is 18.2. The highest BCUT2D eigenvalue weighted by Crippen LogP contribution is 2.48. The van der Waals surface area contributed by atoms with Gasteiger partial charge >= 0.3 is 0 Å². The summed E-state index contributed by atoms with van der Waals surface area (Å²) in [6, 6.07) is 0. The molecule has 4 rings (SSSR count). The van der Waals surface area contributed by atoms with E-state index in [-0.39, 0.29) is 11.8 Å². The summed E-state index contributed by atoms with van der Waals surface area (Å²) in [7, 11) is 0. The van der Waals surface area contributed by atoms with E-state index in [0.717, 1.165) is 49.4 Å². The first-order valence-corrected chi connectivity index (χ1v) is 12.3. The van der Waals surface area contributed by atoms with Gasteiger partial charge in [0.2, 0.25) is 11.8 Å². The van der Waals surface area contributed by atoms with Crippen LogP contribution in [0.2, 0.25) is 0 Å². The summed E-state index contributed by atoms with van der Waals surface area (Å²) in [4.78, 5) is 23.8. The van der Waals surface area contributed by atoms with Crippen LogP contribution in [0.1, 0.15) is 89.9 Å². The predicted octanol–water partition coefficient (Wildman–Crippen LogP) is 4.40. The minimum absolute atomic E-state index is 0.00195. The van der Waals surface area contributed by atoms with Gasteiger partial charge in [0.15, 0.2) is 0 Å². The number of carbonyl (C=O) groups is 2. The van der Waals surface area contributed by atoms with E-state index in [9.17, 15) is 9.59 Å². The summed E-state index contributed by atoms with van der Waals surface area (Å²) in [6.45, 7) is 0. The van der Waals surface area contributed by atoms with Crippen LogP contribution in [-0.4, -0.2) is 24.2 Å². The van der Waals surface area contributed by atoms with Gasteiger partial charge in [0.25, 0.3) is 0 Å². The van der Waals surface area contributed by atoms with Crippen LogP contribution in [0.25, 0.3) is 0 Å². The first kappa shape index (κ1) is 21.5. The molecule has 0 aliphatic heterocycles. The Kier molecular flexibility index (Phi) is 7.56. The molecule has 6 heteroatoms. The zero-order valence-corrected chi connectivity index (χ0v) is 18.2. The number of rotatable bonds is 11. The molecular weight excluding hydrogens is 376 g/mol. The smallest absolute Gasteiger partial charge is 0.240 e. The summed E-state index contributed by atoms with van der Waals surface area (Å²) in [5.74, 6) is 4.56. The molecule has 0 spiro atoms. The second-order valence-corrected chi connectivity index (χ2v) is 10.2. The zero-order chi connectivity index (χ0) is 20.8. The summed E-state index contributed by atoms with van der Waals surface area (Å²) in [5, 5.41) is 8.38. The van der Waals surface area contributed by atoms with Gasteiger partial charge in [-0.25, -0.2) is 10.9 Å². The number of nitrogens with zero attached hydrogens (tertiary/aromatic N) is 2. The third kappa shape index (κ3) is 5.92. The molecule has 6 nitrogen and oxygen atoms in total. The SMILES string of the molecule is O=C(CCCCCCC(=O)N/N=C/C1CC2CCC1C2)N/N=C/C1CC2CCC1C2. The predicted molar refractivity (Wildman–Crippen MR) is 119 cm³/mol. The minimum Gasteiger partial charge on any atom is -0.273 e. The van der Waals surface area contributed by atoms with Gasteiger partial charge in [0.05, 0.1) is 0 Å². The molecule has 4 saturated carbocycles. The normalized spacial score (nSPS) is 34.4. The highest BCUT2D eigenvalue weighted by atomic mass is 16.2. The van der Waals surface area contributed by atoms with E-state index in [1.165, 1.54) is 51.4 Å². The van der Waals surface area contributed by atoms with Gasteiger partial charge in [-0.05, 0) is 86.9 Å². The Morgan fingerprint density at radius 1 is 0.667 bits per heavy atom. The van der Waals surface area contributed by atoms with E-state index in [4.69, 9.17) is 0 Å². The lowest BCUT2D eigenvalue weighted by atomic mass is 9.90. The molecule has 0 radical (unpaired) electrons. The lowest BCUT2D eigenvalue weighted by molar-refractivity contribution is -0.122. The first-order chi connectivity index (χ1) is 14.7. The molecule has 4 aliphatic rings. The van der Waals surface area contributed by atoms with E-state index in [1.807, 2.05) is 12.4 Å². The lowest BCUT2D eigenvalue weighted by Crippen LogP contribution is -2.20. The Labute approximate surface area is 180 Å². The molecule has 4 bridgehead atoms. The van der Waals surface area contributed by atoms with Gasteiger partial charge in [-0.3, -0.25) is 9.59 Å². The molecule has 2 amide bonds. The Morgan fingerprint density at radius 3 is 1.50 bits per heavy atom. The molecule has 0 heterocycles. The van der Waals surface area contributed by atoms with Crippen molar-refractivity contribution in [2.75, 3.05) is 0 Å². The van der Waals surface area contributed by atoms with Crippen LogP contribution >= 0.6 is 0 Å². The van der Waals surface area contributed by atoms with Crippen molar-refractivity contribution in [3.05, 3.63) is 0 Å². The van der Waals surface area contributed by atoms with E-state index in [0.29, 0.717) is 24.7 Å². The fraction of sp³-hybridized carbons (Fsp3) is 0.833. The molecule has 2 N–H and O–H groups in total. The molecule has 0 aromatic heterocycles. The molecule has 6 atom stereocenters. The number of hydrogen-bond acceptors (Lipinski definition) is 4. The maximum atomic E-state index is 11.9. The Bertz CT molecular complexity index is 606. The second kappa shape index (κ2) is 10.5. The Morgan fingerprint density at radius 2 is 1.13 bits per heavy atom. The molecule has 0 saturated heterocycles. The third-order valence-corrected chi connectivity index (χ3v) is 8.05.